The summed E-state index contributed by atoms with van der Waals surface area (Å²) in [6.07, 6.45) is 6.45. The lowest BCUT2D eigenvalue weighted by molar-refractivity contribution is 0.323. The van der Waals surface area contributed by atoms with E-state index in [2.05, 4.69) is 5.92 Å². The normalized spacial score (nSPS) is 11.9. The van der Waals surface area contributed by atoms with E-state index in [0.29, 0.717) is 24.5 Å². The molecule has 1 atom stereocenters. The Hall–Kier alpha value is -1.17. The maximum Gasteiger partial charge on any atom is 0.124 e. The molecule has 0 heterocycles. The molecule has 0 bridgehead atoms. The van der Waals surface area contributed by atoms with E-state index >= 15 is 0 Å². The van der Waals surface area contributed by atoms with Gasteiger partial charge in [0.05, 0.1) is 6.61 Å². The van der Waals surface area contributed by atoms with E-state index in [4.69, 9.17) is 28.5 Å². The van der Waals surface area contributed by atoms with Crippen LogP contribution in [0.3, 0.4) is 0 Å². The van der Waals surface area contributed by atoms with Gasteiger partial charge in [-0.05, 0) is 25.5 Å². The minimum absolute atomic E-state index is 0.0508. The molecule has 0 spiro atoms. The molecule has 3 heteroatoms. The molecule has 0 aliphatic carbocycles. The highest BCUT2D eigenvalue weighted by Crippen LogP contribution is 2.27. The lowest BCUT2D eigenvalue weighted by Gasteiger charge is -2.13. The maximum atomic E-state index is 6.11. The molecule has 2 N–H and O–H groups in total. The van der Waals surface area contributed by atoms with E-state index in [1.807, 2.05) is 25.1 Å². The zero-order valence-corrected chi connectivity index (χ0v) is 10.1. The van der Waals surface area contributed by atoms with Gasteiger partial charge in [-0.3, -0.25) is 0 Å². The number of halogens is 1. The minimum Gasteiger partial charge on any atom is -0.492 e. The van der Waals surface area contributed by atoms with E-state index in [-0.39, 0.29) is 6.04 Å². The summed E-state index contributed by atoms with van der Waals surface area (Å²) in [5, 5.41) is 0.690. The summed E-state index contributed by atoms with van der Waals surface area (Å²) in [6, 6.07) is 5.64. The first-order chi connectivity index (χ1) is 7.65. The van der Waals surface area contributed by atoms with E-state index < -0.39 is 0 Å². The highest BCUT2D eigenvalue weighted by atomic mass is 35.5. The highest BCUT2D eigenvalue weighted by Gasteiger charge is 2.09. The van der Waals surface area contributed by atoms with Gasteiger partial charge in [-0.25, -0.2) is 0 Å². The van der Waals surface area contributed by atoms with Crippen LogP contribution >= 0.6 is 11.6 Å². The molecule has 2 nitrogen and oxygen atoms in total. The largest absolute Gasteiger partial charge is 0.492 e. The fourth-order valence-corrected chi connectivity index (χ4v) is 1.66. The standard InChI is InChI=1S/C13H16ClNO/c1-3-4-8-16-13-7-5-6-12(14)11(13)9-10(2)15/h1,5-7,10H,4,8-9,15H2,2H3. The first-order valence-corrected chi connectivity index (χ1v) is 5.62. The molecule has 1 unspecified atom stereocenters. The van der Waals surface area contributed by atoms with Gasteiger partial charge in [-0.2, -0.15) is 0 Å². The Morgan fingerprint density at radius 1 is 1.56 bits per heavy atom. The molecular formula is C13H16ClNO. The number of hydrogen-bond acceptors (Lipinski definition) is 2. The number of hydrogen-bond donors (Lipinski definition) is 1. The molecule has 0 fully saturated rings. The van der Waals surface area contributed by atoms with Crippen molar-refractivity contribution in [2.45, 2.75) is 25.8 Å². The summed E-state index contributed by atoms with van der Waals surface area (Å²) in [7, 11) is 0. The summed E-state index contributed by atoms with van der Waals surface area (Å²) >= 11 is 6.11. The molecule has 0 saturated carbocycles. The van der Waals surface area contributed by atoms with Crippen molar-refractivity contribution in [2.24, 2.45) is 5.73 Å². The first-order valence-electron chi connectivity index (χ1n) is 5.24. The van der Waals surface area contributed by atoms with Crippen LogP contribution in [0, 0.1) is 12.3 Å². The second-order valence-electron chi connectivity index (χ2n) is 3.70. The van der Waals surface area contributed by atoms with Crippen LogP contribution in [0.5, 0.6) is 5.75 Å². The second-order valence-corrected chi connectivity index (χ2v) is 4.11. The smallest absolute Gasteiger partial charge is 0.124 e. The predicted molar refractivity (Wildman–Crippen MR) is 67.8 cm³/mol. The lowest BCUT2D eigenvalue weighted by Crippen LogP contribution is -2.18. The third-order valence-electron chi connectivity index (χ3n) is 2.11. The van der Waals surface area contributed by atoms with Crippen LogP contribution in [-0.2, 0) is 6.42 Å². The predicted octanol–water partition coefficient (Wildman–Crippen LogP) is 2.63. The van der Waals surface area contributed by atoms with Crippen molar-refractivity contribution in [3.05, 3.63) is 28.8 Å². The van der Waals surface area contributed by atoms with Crippen molar-refractivity contribution in [3.8, 4) is 18.1 Å². The van der Waals surface area contributed by atoms with Crippen LogP contribution in [0.4, 0.5) is 0 Å². The quantitative estimate of drug-likeness (QED) is 0.631. The van der Waals surface area contributed by atoms with Crippen LogP contribution in [-0.4, -0.2) is 12.6 Å². The SMILES string of the molecule is C#CCCOc1cccc(Cl)c1CC(C)N. The van der Waals surface area contributed by atoms with Crippen LogP contribution in [0.15, 0.2) is 18.2 Å². The average Bonchev–Trinajstić information content (AvgIpc) is 2.23. The van der Waals surface area contributed by atoms with E-state index in [0.717, 1.165) is 11.3 Å². The van der Waals surface area contributed by atoms with E-state index in [9.17, 15) is 0 Å². The van der Waals surface area contributed by atoms with Gasteiger partial charge in [0.15, 0.2) is 0 Å². The molecule has 1 aromatic rings. The maximum absolute atomic E-state index is 6.11. The Balaban J connectivity index is 2.81. The van der Waals surface area contributed by atoms with Crippen molar-refractivity contribution in [1.29, 1.82) is 0 Å². The van der Waals surface area contributed by atoms with Gasteiger partial charge < -0.3 is 10.5 Å². The summed E-state index contributed by atoms with van der Waals surface area (Å²) < 4.78 is 5.58. The lowest BCUT2D eigenvalue weighted by atomic mass is 10.1. The van der Waals surface area contributed by atoms with E-state index in [1.54, 1.807) is 0 Å². The van der Waals surface area contributed by atoms with Crippen LogP contribution in [0.25, 0.3) is 0 Å². The highest BCUT2D eigenvalue weighted by molar-refractivity contribution is 6.31. The fraction of sp³-hybridized carbons (Fsp3) is 0.385. The van der Waals surface area contributed by atoms with Crippen LogP contribution in [0.2, 0.25) is 5.02 Å². The van der Waals surface area contributed by atoms with Crippen molar-refractivity contribution in [1.82, 2.24) is 0 Å². The van der Waals surface area contributed by atoms with Crippen LogP contribution in [0.1, 0.15) is 18.9 Å². The Morgan fingerprint density at radius 3 is 2.94 bits per heavy atom. The number of benzene rings is 1. The third kappa shape index (κ3) is 3.77. The zero-order valence-electron chi connectivity index (χ0n) is 9.37. The third-order valence-corrected chi connectivity index (χ3v) is 2.46. The Kier molecular flexibility index (Phi) is 5.18. The molecule has 0 saturated heterocycles. The van der Waals surface area contributed by atoms with Gasteiger partial charge in [-0.1, -0.05) is 17.7 Å². The zero-order chi connectivity index (χ0) is 12.0. The molecular weight excluding hydrogens is 222 g/mol. The molecule has 0 radical (unpaired) electrons. The Labute approximate surface area is 102 Å². The van der Waals surface area contributed by atoms with Gasteiger partial charge in [-0.15, -0.1) is 12.3 Å². The van der Waals surface area contributed by atoms with Crippen molar-refractivity contribution in [3.63, 3.8) is 0 Å². The Morgan fingerprint density at radius 2 is 2.31 bits per heavy atom. The molecule has 1 aromatic carbocycles. The van der Waals surface area contributed by atoms with Gasteiger partial charge in [0, 0.05) is 23.0 Å². The number of ether oxygens (including phenoxy) is 1. The number of rotatable bonds is 5. The molecule has 0 aliphatic heterocycles. The first kappa shape index (κ1) is 12.9. The topological polar surface area (TPSA) is 35.2 Å². The molecule has 16 heavy (non-hydrogen) atoms. The molecule has 1 rings (SSSR count). The van der Waals surface area contributed by atoms with Crippen molar-refractivity contribution >= 4 is 11.6 Å². The van der Waals surface area contributed by atoms with Gasteiger partial charge in [0.2, 0.25) is 0 Å². The van der Waals surface area contributed by atoms with E-state index in [1.165, 1.54) is 0 Å². The van der Waals surface area contributed by atoms with Gasteiger partial charge in [0.25, 0.3) is 0 Å². The minimum atomic E-state index is 0.0508. The summed E-state index contributed by atoms with van der Waals surface area (Å²) in [5.41, 5.74) is 6.73. The fourth-order valence-electron chi connectivity index (χ4n) is 1.41. The van der Waals surface area contributed by atoms with Gasteiger partial charge in [0.1, 0.15) is 5.75 Å². The monoisotopic (exact) mass is 237 g/mol. The molecule has 86 valence electrons. The van der Waals surface area contributed by atoms with Crippen molar-refractivity contribution < 1.29 is 4.74 Å². The molecule has 0 aromatic heterocycles. The molecule has 0 amide bonds. The average molecular weight is 238 g/mol. The molecule has 0 aliphatic rings. The Bertz CT molecular complexity index is 382. The van der Waals surface area contributed by atoms with Gasteiger partial charge >= 0.3 is 0 Å². The number of nitrogens with two attached hydrogens (primary N) is 1. The summed E-state index contributed by atoms with van der Waals surface area (Å²) in [5.74, 6) is 3.31. The van der Waals surface area contributed by atoms with Crippen LogP contribution < -0.4 is 10.5 Å². The van der Waals surface area contributed by atoms with Crippen molar-refractivity contribution in [2.75, 3.05) is 6.61 Å². The second kappa shape index (κ2) is 6.42. The summed E-state index contributed by atoms with van der Waals surface area (Å²) in [4.78, 5) is 0. The number of terminal acetylenes is 1. The summed E-state index contributed by atoms with van der Waals surface area (Å²) in [6.45, 7) is 2.44.